The first-order chi connectivity index (χ1) is 14.5. The van der Waals surface area contributed by atoms with E-state index < -0.39 is 0 Å². The topological polar surface area (TPSA) is 81.5 Å². The van der Waals surface area contributed by atoms with E-state index in [-0.39, 0.29) is 5.56 Å². The minimum atomic E-state index is -0.287. The largest absolute Gasteiger partial charge is 0.493 e. The SMILES string of the molecule is COc1ccc(-c2cc3c(=O)[nH]nc(SCc4cc(C)ccc4C)n3n2)cc1OC. The predicted molar refractivity (Wildman–Crippen MR) is 118 cm³/mol. The van der Waals surface area contributed by atoms with Gasteiger partial charge in [-0.1, -0.05) is 35.5 Å². The van der Waals surface area contributed by atoms with Crippen molar-refractivity contribution in [2.24, 2.45) is 0 Å². The van der Waals surface area contributed by atoms with Crippen molar-refractivity contribution in [3.63, 3.8) is 0 Å². The summed E-state index contributed by atoms with van der Waals surface area (Å²) in [6.07, 6.45) is 0. The molecule has 0 bridgehead atoms. The Hall–Kier alpha value is -3.26. The number of methoxy groups -OCH3 is 2. The third kappa shape index (κ3) is 3.78. The van der Waals surface area contributed by atoms with Crippen LogP contribution in [-0.2, 0) is 5.75 Å². The van der Waals surface area contributed by atoms with Gasteiger partial charge in [0.25, 0.3) is 5.56 Å². The number of aromatic amines is 1. The number of benzene rings is 2. The van der Waals surface area contributed by atoms with Crippen LogP contribution in [0.2, 0.25) is 0 Å². The van der Waals surface area contributed by atoms with Crippen LogP contribution in [0.25, 0.3) is 16.8 Å². The first kappa shape index (κ1) is 20.0. The van der Waals surface area contributed by atoms with Gasteiger partial charge in [-0.3, -0.25) is 4.79 Å². The van der Waals surface area contributed by atoms with Gasteiger partial charge in [-0.05, 0) is 49.2 Å². The molecule has 0 saturated heterocycles. The fourth-order valence-corrected chi connectivity index (χ4v) is 4.19. The van der Waals surface area contributed by atoms with Crippen molar-refractivity contribution in [2.45, 2.75) is 24.8 Å². The van der Waals surface area contributed by atoms with Crippen LogP contribution >= 0.6 is 11.8 Å². The summed E-state index contributed by atoms with van der Waals surface area (Å²) in [5.74, 6) is 1.96. The zero-order chi connectivity index (χ0) is 21.3. The van der Waals surface area contributed by atoms with E-state index in [4.69, 9.17) is 9.47 Å². The van der Waals surface area contributed by atoms with E-state index in [1.807, 2.05) is 18.2 Å². The maximum atomic E-state index is 12.3. The molecule has 30 heavy (non-hydrogen) atoms. The van der Waals surface area contributed by atoms with E-state index >= 15 is 0 Å². The normalized spacial score (nSPS) is 11.1. The van der Waals surface area contributed by atoms with Gasteiger partial charge in [0, 0.05) is 11.3 Å². The molecule has 0 aliphatic heterocycles. The minimum absolute atomic E-state index is 0.287. The van der Waals surface area contributed by atoms with Crippen LogP contribution in [0.15, 0.2) is 52.4 Å². The molecule has 0 unspecified atom stereocenters. The zero-order valence-electron chi connectivity index (χ0n) is 17.2. The molecule has 154 valence electrons. The molecule has 4 rings (SSSR count). The molecule has 0 aliphatic carbocycles. The maximum absolute atomic E-state index is 12.3. The van der Waals surface area contributed by atoms with Crippen molar-refractivity contribution in [1.82, 2.24) is 19.8 Å². The van der Waals surface area contributed by atoms with Crippen molar-refractivity contribution in [2.75, 3.05) is 14.2 Å². The Bertz CT molecular complexity index is 1280. The monoisotopic (exact) mass is 422 g/mol. The summed E-state index contributed by atoms with van der Waals surface area (Å²) in [6, 6.07) is 13.7. The summed E-state index contributed by atoms with van der Waals surface area (Å²) in [7, 11) is 3.18. The first-order valence-electron chi connectivity index (χ1n) is 9.40. The van der Waals surface area contributed by atoms with Gasteiger partial charge < -0.3 is 9.47 Å². The number of ether oxygens (including phenoxy) is 2. The molecule has 0 saturated carbocycles. The highest BCUT2D eigenvalue weighted by molar-refractivity contribution is 7.98. The predicted octanol–water partition coefficient (Wildman–Crippen LogP) is 4.01. The maximum Gasteiger partial charge on any atom is 0.290 e. The number of aromatic nitrogens is 4. The molecule has 0 radical (unpaired) electrons. The Morgan fingerprint density at radius 1 is 1.03 bits per heavy atom. The summed E-state index contributed by atoms with van der Waals surface area (Å²) in [5.41, 5.74) is 5.30. The van der Waals surface area contributed by atoms with Crippen molar-refractivity contribution < 1.29 is 9.47 Å². The summed E-state index contributed by atoms with van der Waals surface area (Å²) in [5, 5.41) is 12.1. The lowest BCUT2D eigenvalue weighted by Gasteiger charge is -2.08. The van der Waals surface area contributed by atoms with Crippen molar-refractivity contribution >= 4 is 17.3 Å². The minimum Gasteiger partial charge on any atom is -0.493 e. The number of thioether (sulfide) groups is 1. The first-order valence-corrected chi connectivity index (χ1v) is 10.4. The average molecular weight is 423 g/mol. The number of aryl methyl sites for hydroxylation is 2. The molecule has 0 fully saturated rings. The van der Waals surface area contributed by atoms with Gasteiger partial charge in [-0.25, -0.2) is 9.61 Å². The fourth-order valence-electron chi connectivity index (χ4n) is 3.22. The van der Waals surface area contributed by atoms with Gasteiger partial charge in [0.15, 0.2) is 11.5 Å². The van der Waals surface area contributed by atoms with Crippen LogP contribution in [0.5, 0.6) is 11.5 Å². The Morgan fingerprint density at radius 2 is 1.83 bits per heavy atom. The van der Waals surface area contributed by atoms with Crippen molar-refractivity contribution in [3.8, 4) is 22.8 Å². The number of nitrogens with zero attached hydrogens (tertiary/aromatic N) is 3. The smallest absolute Gasteiger partial charge is 0.290 e. The molecular formula is C22H22N4O3S. The van der Waals surface area contributed by atoms with E-state index in [9.17, 15) is 4.79 Å². The second-order valence-corrected chi connectivity index (χ2v) is 7.89. The lowest BCUT2D eigenvalue weighted by molar-refractivity contribution is 0.355. The Kier molecular flexibility index (Phi) is 5.50. The van der Waals surface area contributed by atoms with Gasteiger partial charge in [-0.15, -0.1) is 5.10 Å². The second kappa shape index (κ2) is 8.23. The van der Waals surface area contributed by atoms with Crippen LogP contribution < -0.4 is 15.0 Å². The van der Waals surface area contributed by atoms with E-state index in [0.29, 0.717) is 27.9 Å². The van der Waals surface area contributed by atoms with Gasteiger partial charge in [0.2, 0.25) is 5.16 Å². The van der Waals surface area contributed by atoms with E-state index in [0.717, 1.165) is 11.3 Å². The molecule has 7 nitrogen and oxygen atoms in total. The van der Waals surface area contributed by atoms with Crippen LogP contribution in [-0.4, -0.2) is 34.0 Å². The average Bonchev–Trinajstić information content (AvgIpc) is 3.21. The summed E-state index contributed by atoms with van der Waals surface area (Å²) < 4.78 is 12.3. The fraction of sp³-hybridized carbons (Fsp3) is 0.227. The molecule has 0 atom stereocenters. The summed E-state index contributed by atoms with van der Waals surface area (Å²) in [4.78, 5) is 12.3. The highest BCUT2D eigenvalue weighted by atomic mass is 32.2. The van der Waals surface area contributed by atoms with Gasteiger partial charge in [-0.2, -0.15) is 5.10 Å². The van der Waals surface area contributed by atoms with Gasteiger partial charge in [0.05, 0.1) is 19.9 Å². The number of fused-ring (bicyclic) bond motifs is 1. The van der Waals surface area contributed by atoms with E-state index in [1.54, 1.807) is 24.8 Å². The second-order valence-electron chi connectivity index (χ2n) is 6.95. The summed E-state index contributed by atoms with van der Waals surface area (Å²) >= 11 is 1.53. The molecule has 4 aromatic rings. The molecular weight excluding hydrogens is 400 g/mol. The lowest BCUT2D eigenvalue weighted by atomic mass is 10.1. The number of H-pyrrole nitrogens is 1. The number of hydrogen-bond donors (Lipinski definition) is 1. The van der Waals surface area contributed by atoms with Crippen molar-refractivity contribution in [1.29, 1.82) is 0 Å². The number of nitrogens with one attached hydrogen (secondary N) is 1. The molecule has 0 spiro atoms. The van der Waals surface area contributed by atoms with E-state index in [2.05, 4.69) is 47.3 Å². The Morgan fingerprint density at radius 3 is 2.60 bits per heavy atom. The van der Waals surface area contributed by atoms with E-state index in [1.165, 1.54) is 28.5 Å². The quantitative estimate of drug-likeness (QED) is 0.473. The third-order valence-corrected chi connectivity index (χ3v) is 5.89. The van der Waals surface area contributed by atoms with Crippen LogP contribution in [0, 0.1) is 13.8 Å². The van der Waals surface area contributed by atoms with Crippen LogP contribution in [0.1, 0.15) is 16.7 Å². The standard InChI is InChI=1S/C22H22N4O3S/c1-13-5-6-14(2)16(9-13)12-30-22-24-23-21(27)18-11-17(25-26(18)22)15-7-8-19(28-3)20(10-15)29-4/h5-11H,12H2,1-4H3,(H,23,27). The molecule has 2 heterocycles. The number of hydrogen-bond acceptors (Lipinski definition) is 6. The molecule has 0 amide bonds. The molecule has 2 aromatic heterocycles. The highest BCUT2D eigenvalue weighted by Gasteiger charge is 2.14. The van der Waals surface area contributed by atoms with Gasteiger partial charge >= 0.3 is 0 Å². The van der Waals surface area contributed by atoms with Gasteiger partial charge in [0.1, 0.15) is 5.52 Å². The molecule has 2 aromatic carbocycles. The molecule has 1 N–H and O–H groups in total. The third-order valence-electron chi connectivity index (χ3n) is 4.92. The zero-order valence-corrected chi connectivity index (χ0v) is 18.0. The lowest BCUT2D eigenvalue weighted by Crippen LogP contribution is -2.13. The summed E-state index contributed by atoms with van der Waals surface area (Å²) in [6.45, 7) is 4.17. The van der Waals surface area contributed by atoms with Crippen LogP contribution in [0.3, 0.4) is 0 Å². The highest BCUT2D eigenvalue weighted by Crippen LogP contribution is 2.32. The Labute approximate surface area is 178 Å². The molecule has 0 aliphatic rings. The van der Waals surface area contributed by atoms with Crippen molar-refractivity contribution in [3.05, 3.63) is 69.5 Å². The molecule has 8 heteroatoms. The Balaban J connectivity index is 1.71. The number of rotatable bonds is 6. The van der Waals surface area contributed by atoms with Crippen LogP contribution in [0.4, 0.5) is 0 Å².